The molecular formula is C39H32AuClNP. The molecule has 0 unspecified atom stereocenters. The molecule has 4 bridgehead atoms. The zero-order chi connectivity index (χ0) is 29.4. The third-order valence-electron chi connectivity index (χ3n) is 8.12. The summed E-state index contributed by atoms with van der Waals surface area (Å²) >= 11 is 1.75. The zero-order valence-corrected chi connectivity index (χ0v) is 27.6. The minimum absolute atomic E-state index is 0.639. The third-order valence-corrected chi connectivity index (χ3v) is 10.6. The minimum Gasteiger partial charge on any atom is -0.256 e. The Morgan fingerprint density at radius 3 is 1.70 bits per heavy atom. The second kappa shape index (κ2) is 14.5. The average Bonchev–Trinajstić information content (AvgIpc) is 3.08. The van der Waals surface area contributed by atoms with Crippen LogP contribution in [0.15, 0.2) is 146 Å². The fourth-order valence-electron chi connectivity index (χ4n) is 5.94. The molecule has 10 rings (SSSR count). The van der Waals surface area contributed by atoms with Crippen molar-refractivity contribution in [1.29, 1.82) is 0 Å². The van der Waals surface area contributed by atoms with Gasteiger partial charge in [0.15, 0.2) is 0 Å². The Bertz CT molecular complexity index is 1730. The maximum absolute atomic E-state index is 4.58. The van der Waals surface area contributed by atoms with E-state index in [0.29, 0.717) is 0 Å². The molecule has 0 radical (unpaired) electrons. The molecule has 0 aliphatic heterocycles. The van der Waals surface area contributed by atoms with E-state index in [0.717, 1.165) is 36.9 Å². The normalized spacial score (nSPS) is 12.3. The van der Waals surface area contributed by atoms with Crippen LogP contribution in [0.25, 0.3) is 22.4 Å². The quantitative estimate of drug-likeness (QED) is 0.126. The van der Waals surface area contributed by atoms with E-state index in [-0.39, 0.29) is 0 Å². The van der Waals surface area contributed by atoms with Crippen molar-refractivity contribution in [2.45, 2.75) is 25.7 Å². The molecule has 43 heavy (non-hydrogen) atoms. The van der Waals surface area contributed by atoms with E-state index in [1.54, 1.807) is 20.0 Å². The molecule has 0 spiro atoms. The fourth-order valence-corrected chi connectivity index (χ4v) is 8.51. The summed E-state index contributed by atoms with van der Waals surface area (Å²) in [6.07, 6.45) is 5.96. The molecule has 0 atom stereocenters. The fraction of sp³-hybridized carbons (Fsp3) is 0.103. The van der Waals surface area contributed by atoms with Gasteiger partial charge < -0.3 is 0 Å². The van der Waals surface area contributed by atoms with Crippen LogP contribution in [0.3, 0.4) is 0 Å². The van der Waals surface area contributed by atoms with Gasteiger partial charge in [0.25, 0.3) is 0 Å². The molecule has 216 valence electrons. The largest absolute Gasteiger partial charge is 0.256 e. The molecule has 4 aliphatic rings. The number of hydrogen-bond donors (Lipinski definition) is 0. The molecule has 5 aromatic carbocycles. The van der Waals surface area contributed by atoms with Crippen molar-refractivity contribution >= 4 is 33.0 Å². The second-order valence-electron chi connectivity index (χ2n) is 10.8. The molecular weight excluding hydrogens is 746 g/mol. The van der Waals surface area contributed by atoms with Crippen molar-refractivity contribution in [3.63, 3.8) is 0 Å². The first-order valence-corrected chi connectivity index (χ1v) is 18.6. The maximum atomic E-state index is 4.58. The van der Waals surface area contributed by atoms with E-state index in [2.05, 4.69) is 142 Å². The number of benzene rings is 5. The molecule has 0 saturated carbocycles. The molecule has 0 saturated heterocycles. The molecule has 1 nitrogen and oxygen atoms in total. The molecule has 0 amide bonds. The van der Waals surface area contributed by atoms with Gasteiger partial charge in [-0.3, -0.25) is 4.98 Å². The molecule has 4 aliphatic carbocycles. The Labute approximate surface area is 272 Å². The van der Waals surface area contributed by atoms with Crippen LogP contribution in [-0.2, 0) is 45.7 Å². The van der Waals surface area contributed by atoms with Crippen LogP contribution in [0, 0.1) is 0 Å². The molecule has 6 aromatic rings. The van der Waals surface area contributed by atoms with E-state index < -0.39 is 7.92 Å². The predicted octanol–water partition coefficient (Wildman–Crippen LogP) is 8.74. The van der Waals surface area contributed by atoms with E-state index in [1.807, 2.05) is 18.3 Å². The minimum atomic E-state index is -0.639. The summed E-state index contributed by atoms with van der Waals surface area (Å²) in [5.74, 6) is 0. The van der Waals surface area contributed by atoms with Gasteiger partial charge >= 0.3 is 29.2 Å². The van der Waals surface area contributed by atoms with Crippen LogP contribution in [0.1, 0.15) is 22.3 Å². The third kappa shape index (κ3) is 6.94. The number of nitrogens with zero attached hydrogens (tertiary/aromatic N) is 1. The summed E-state index contributed by atoms with van der Waals surface area (Å²) in [7, 11) is 3.94. The summed E-state index contributed by atoms with van der Waals surface area (Å²) in [4.78, 5) is 4.54. The van der Waals surface area contributed by atoms with Gasteiger partial charge in [-0.2, -0.15) is 0 Å². The number of pyridine rings is 1. The molecule has 1 heterocycles. The number of hydrogen-bond acceptors (Lipinski definition) is 1. The van der Waals surface area contributed by atoms with E-state index >= 15 is 0 Å². The Morgan fingerprint density at radius 1 is 0.512 bits per heavy atom. The van der Waals surface area contributed by atoms with Crippen LogP contribution in [0.4, 0.5) is 0 Å². The summed E-state index contributed by atoms with van der Waals surface area (Å²) in [5, 5.41) is 4.33. The van der Waals surface area contributed by atoms with Crippen LogP contribution in [-0.4, -0.2) is 4.98 Å². The van der Waals surface area contributed by atoms with E-state index in [9.17, 15) is 0 Å². The van der Waals surface area contributed by atoms with Gasteiger partial charge in [0.2, 0.25) is 0 Å². The van der Waals surface area contributed by atoms with Gasteiger partial charge in [-0.05, 0) is 95.0 Å². The standard InChI is InChI=1S/C39H32NP.Au.ClH/c1-3-9-35(10-4-1)41(36-11-5-2-6-12-36)39-28-30-15-14-29-16-18-31(22-25-34(39)19-17-30)37(27-29)32-20-23-33(24-21-32)38-13-7-8-26-40-38;;/h1-13,16-21,23-24,26-28H,14-15,22,25H2;;1H/q;+1;/p-1. The van der Waals surface area contributed by atoms with Gasteiger partial charge in [-0.15, -0.1) is 0 Å². The zero-order valence-electron chi connectivity index (χ0n) is 23.8. The summed E-state index contributed by atoms with van der Waals surface area (Å²) in [6, 6.07) is 51.7. The number of aromatic nitrogens is 1. The number of aryl methyl sites for hydroxylation is 4. The topological polar surface area (TPSA) is 12.9 Å². The van der Waals surface area contributed by atoms with Gasteiger partial charge in [0, 0.05) is 11.8 Å². The van der Waals surface area contributed by atoms with E-state index in [1.165, 1.54) is 49.3 Å². The van der Waals surface area contributed by atoms with Crippen molar-refractivity contribution < 1.29 is 20.0 Å². The number of halogens is 1. The Hall–Kier alpha value is -3.29. The summed E-state index contributed by atoms with van der Waals surface area (Å²) in [5.41, 5.74) is 10.5. The first-order chi connectivity index (χ1) is 21.3. The van der Waals surface area contributed by atoms with Crippen LogP contribution in [0.5, 0.6) is 0 Å². The van der Waals surface area contributed by atoms with Crippen molar-refractivity contribution in [2.75, 3.05) is 0 Å². The van der Waals surface area contributed by atoms with Crippen molar-refractivity contribution in [3.05, 3.63) is 168 Å². The Kier molecular flexibility index (Phi) is 10.0. The van der Waals surface area contributed by atoms with Crippen LogP contribution < -0.4 is 15.9 Å². The van der Waals surface area contributed by atoms with Crippen molar-refractivity contribution in [2.24, 2.45) is 0 Å². The molecule has 0 N–H and O–H groups in total. The SMILES string of the molecule is [Cl][Au].c1ccc(P(c2ccccc2)c2cc3ccc2CCc2ccc(cc2-c2ccc(-c4ccccn4)cc2)CC3)cc1. The van der Waals surface area contributed by atoms with Crippen molar-refractivity contribution in [3.8, 4) is 22.4 Å². The molecule has 4 heteroatoms. The maximum Gasteiger partial charge on any atom is 0.0701 e. The second-order valence-corrected chi connectivity index (χ2v) is 12.9. The van der Waals surface area contributed by atoms with Gasteiger partial charge in [0.05, 0.1) is 5.69 Å². The first-order valence-electron chi connectivity index (χ1n) is 14.6. The molecule has 1 aromatic heterocycles. The smallest absolute Gasteiger partial charge is 0.0701 e. The van der Waals surface area contributed by atoms with E-state index in [4.69, 9.17) is 0 Å². The van der Waals surface area contributed by atoms with Gasteiger partial charge in [-0.1, -0.05) is 127 Å². The Balaban J connectivity index is 0.00000161. The Morgan fingerprint density at radius 2 is 1.07 bits per heavy atom. The van der Waals surface area contributed by atoms with Gasteiger partial charge in [0.1, 0.15) is 0 Å². The average molecular weight is 778 g/mol. The van der Waals surface area contributed by atoms with Gasteiger partial charge in [-0.25, -0.2) is 0 Å². The summed E-state index contributed by atoms with van der Waals surface area (Å²) in [6.45, 7) is 0. The molecule has 0 fully saturated rings. The van der Waals surface area contributed by atoms with Crippen LogP contribution >= 0.6 is 17.1 Å². The van der Waals surface area contributed by atoms with Crippen LogP contribution in [0.2, 0.25) is 0 Å². The predicted molar refractivity (Wildman–Crippen MR) is 181 cm³/mol. The van der Waals surface area contributed by atoms with Crippen molar-refractivity contribution in [1.82, 2.24) is 4.98 Å². The summed E-state index contributed by atoms with van der Waals surface area (Å²) < 4.78 is 0. The monoisotopic (exact) mass is 777 g/mol. The first kappa shape index (κ1) is 29.8. The number of rotatable bonds is 5.